The standard InChI is InChI=1S/C24H21N7O2/c32-24(28-21-7-3-11-27-30-21)31-12-8-17(9-13-31)14-18-4-1-6-20(15-18)33-23-26-16-19-5-2-10-25-22(19)29-23/h1-7,10-11,14-16H,8-9,12-13H2,(H,28,30,32). The summed E-state index contributed by atoms with van der Waals surface area (Å²) in [5.74, 6) is 1.10. The lowest BCUT2D eigenvalue weighted by Gasteiger charge is -2.28. The Labute approximate surface area is 190 Å². The van der Waals surface area contributed by atoms with Crippen LogP contribution < -0.4 is 10.1 Å². The molecule has 1 aromatic carbocycles. The molecule has 0 unspecified atom stereocenters. The number of fused-ring (bicyclic) bond motifs is 1. The van der Waals surface area contributed by atoms with Gasteiger partial charge >= 0.3 is 12.0 Å². The molecule has 4 aromatic rings. The molecule has 1 aliphatic rings. The quantitative estimate of drug-likeness (QED) is 0.505. The maximum atomic E-state index is 12.4. The van der Waals surface area contributed by atoms with Gasteiger partial charge in [0.1, 0.15) is 5.75 Å². The average molecular weight is 439 g/mol. The molecule has 5 rings (SSSR count). The minimum atomic E-state index is -0.158. The molecule has 0 aliphatic carbocycles. The van der Waals surface area contributed by atoms with E-state index in [2.05, 4.69) is 36.5 Å². The monoisotopic (exact) mass is 439 g/mol. The van der Waals surface area contributed by atoms with E-state index in [9.17, 15) is 4.79 Å². The van der Waals surface area contributed by atoms with E-state index in [1.54, 1.807) is 35.6 Å². The molecular formula is C24H21N7O2. The van der Waals surface area contributed by atoms with Crippen molar-refractivity contribution in [1.29, 1.82) is 0 Å². The van der Waals surface area contributed by atoms with Crippen LogP contribution in [0, 0.1) is 0 Å². The van der Waals surface area contributed by atoms with E-state index < -0.39 is 0 Å². The summed E-state index contributed by atoms with van der Waals surface area (Å²) in [6.45, 7) is 1.29. The number of ether oxygens (including phenoxy) is 1. The van der Waals surface area contributed by atoms with Gasteiger partial charge in [-0.1, -0.05) is 23.8 Å². The number of amides is 2. The Morgan fingerprint density at radius 1 is 1.03 bits per heavy atom. The van der Waals surface area contributed by atoms with Crippen LogP contribution in [0.3, 0.4) is 0 Å². The zero-order valence-corrected chi connectivity index (χ0v) is 17.8. The fourth-order valence-electron chi connectivity index (χ4n) is 3.60. The number of piperidine rings is 1. The molecular weight excluding hydrogens is 418 g/mol. The van der Waals surface area contributed by atoms with Crippen molar-refractivity contribution in [3.63, 3.8) is 0 Å². The molecule has 0 radical (unpaired) electrons. The van der Waals surface area contributed by atoms with Crippen molar-refractivity contribution in [2.24, 2.45) is 0 Å². The Morgan fingerprint density at radius 3 is 2.76 bits per heavy atom. The van der Waals surface area contributed by atoms with E-state index in [0.717, 1.165) is 23.8 Å². The van der Waals surface area contributed by atoms with E-state index >= 15 is 0 Å². The van der Waals surface area contributed by atoms with Crippen LogP contribution in [-0.2, 0) is 0 Å². The second-order valence-corrected chi connectivity index (χ2v) is 7.57. The molecule has 0 bridgehead atoms. The van der Waals surface area contributed by atoms with Gasteiger partial charge in [-0.3, -0.25) is 5.32 Å². The van der Waals surface area contributed by atoms with Crippen LogP contribution in [0.25, 0.3) is 17.1 Å². The van der Waals surface area contributed by atoms with Gasteiger partial charge in [-0.25, -0.2) is 14.8 Å². The molecule has 0 atom stereocenters. The van der Waals surface area contributed by atoms with Gasteiger partial charge in [0, 0.05) is 37.1 Å². The van der Waals surface area contributed by atoms with Crippen LogP contribution in [0.5, 0.6) is 11.8 Å². The highest BCUT2D eigenvalue weighted by Crippen LogP contribution is 2.24. The Balaban J connectivity index is 1.21. The van der Waals surface area contributed by atoms with Crippen LogP contribution in [0.15, 0.2) is 72.7 Å². The summed E-state index contributed by atoms with van der Waals surface area (Å²) in [5.41, 5.74) is 2.90. The first-order valence-electron chi connectivity index (χ1n) is 10.6. The summed E-state index contributed by atoms with van der Waals surface area (Å²) in [6.07, 6.45) is 8.71. The number of rotatable bonds is 4. The fraction of sp³-hybridized carbons (Fsp3) is 0.167. The van der Waals surface area contributed by atoms with Crippen LogP contribution >= 0.6 is 0 Å². The number of benzene rings is 1. The predicted octanol–water partition coefficient (Wildman–Crippen LogP) is 4.32. The van der Waals surface area contributed by atoms with E-state index in [1.165, 1.54) is 5.57 Å². The van der Waals surface area contributed by atoms with Crippen molar-refractivity contribution in [2.45, 2.75) is 12.8 Å². The summed E-state index contributed by atoms with van der Waals surface area (Å²) < 4.78 is 5.86. The van der Waals surface area contributed by atoms with Crippen LogP contribution in [0.1, 0.15) is 18.4 Å². The van der Waals surface area contributed by atoms with Crippen molar-refractivity contribution >= 4 is 29.0 Å². The van der Waals surface area contributed by atoms with Crippen molar-refractivity contribution in [1.82, 2.24) is 30.0 Å². The van der Waals surface area contributed by atoms with E-state index in [0.29, 0.717) is 30.3 Å². The zero-order chi connectivity index (χ0) is 22.5. The molecule has 9 heteroatoms. The number of hydrogen-bond acceptors (Lipinski definition) is 7. The Hall–Kier alpha value is -4.40. The van der Waals surface area contributed by atoms with E-state index in [-0.39, 0.29) is 12.0 Å². The van der Waals surface area contributed by atoms with Gasteiger partial charge < -0.3 is 9.64 Å². The normalized spacial score (nSPS) is 13.6. The number of anilines is 1. The van der Waals surface area contributed by atoms with Crippen molar-refractivity contribution in [3.05, 3.63) is 78.3 Å². The molecule has 164 valence electrons. The maximum Gasteiger partial charge on any atom is 0.324 e. The van der Waals surface area contributed by atoms with E-state index in [1.807, 2.05) is 36.4 Å². The number of carbonyl (C=O) groups excluding carboxylic acids is 1. The summed E-state index contributed by atoms with van der Waals surface area (Å²) in [4.78, 5) is 27.1. The number of hydrogen-bond donors (Lipinski definition) is 1. The Morgan fingerprint density at radius 2 is 1.91 bits per heavy atom. The second kappa shape index (κ2) is 9.39. The first-order valence-corrected chi connectivity index (χ1v) is 10.6. The lowest BCUT2D eigenvalue weighted by molar-refractivity contribution is 0.207. The Kier molecular flexibility index (Phi) is 5.83. The number of likely N-dealkylation sites (tertiary alicyclic amines) is 1. The fourth-order valence-corrected chi connectivity index (χ4v) is 3.60. The van der Waals surface area contributed by atoms with Crippen molar-refractivity contribution < 1.29 is 9.53 Å². The summed E-state index contributed by atoms with van der Waals surface area (Å²) in [7, 11) is 0. The largest absolute Gasteiger partial charge is 0.424 e. The van der Waals surface area contributed by atoms with Gasteiger partial charge in [0.2, 0.25) is 0 Å². The first-order chi connectivity index (χ1) is 16.2. The first kappa shape index (κ1) is 20.5. The molecule has 9 nitrogen and oxygen atoms in total. The molecule has 1 saturated heterocycles. The van der Waals surface area contributed by atoms with Gasteiger partial charge in [-0.15, -0.1) is 5.10 Å². The van der Waals surface area contributed by atoms with Gasteiger partial charge in [0.05, 0.1) is 0 Å². The average Bonchev–Trinajstić information content (AvgIpc) is 2.85. The second-order valence-electron chi connectivity index (χ2n) is 7.57. The predicted molar refractivity (Wildman–Crippen MR) is 124 cm³/mol. The minimum absolute atomic E-state index is 0.158. The molecule has 3 aromatic heterocycles. The van der Waals surface area contributed by atoms with Crippen LogP contribution in [-0.4, -0.2) is 49.2 Å². The molecule has 0 spiro atoms. The van der Waals surface area contributed by atoms with Gasteiger partial charge in [-0.2, -0.15) is 10.1 Å². The zero-order valence-electron chi connectivity index (χ0n) is 17.8. The third-order valence-electron chi connectivity index (χ3n) is 5.27. The number of nitrogens with zero attached hydrogens (tertiary/aromatic N) is 6. The van der Waals surface area contributed by atoms with Crippen molar-refractivity contribution in [2.75, 3.05) is 18.4 Å². The number of carbonyl (C=O) groups is 1. The number of aromatic nitrogens is 5. The smallest absolute Gasteiger partial charge is 0.324 e. The molecule has 33 heavy (non-hydrogen) atoms. The number of nitrogens with one attached hydrogen (secondary N) is 1. The Bertz CT molecular complexity index is 1300. The summed E-state index contributed by atoms with van der Waals surface area (Å²) >= 11 is 0. The molecule has 1 N–H and O–H groups in total. The van der Waals surface area contributed by atoms with Gasteiger partial charge in [-0.05, 0) is 54.8 Å². The highest BCUT2D eigenvalue weighted by molar-refractivity contribution is 5.88. The van der Waals surface area contributed by atoms with Gasteiger partial charge in [0.15, 0.2) is 11.5 Å². The summed E-state index contributed by atoms with van der Waals surface area (Å²) in [6, 6.07) is 15.1. The number of urea groups is 1. The SMILES string of the molecule is O=C(Nc1cccnn1)N1CCC(=Cc2cccc(Oc3ncc4cccnc4n3)c2)CC1. The van der Waals surface area contributed by atoms with E-state index in [4.69, 9.17) is 4.74 Å². The number of pyridine rings is 1. The third kappa shape index (κ3) is 5.09. The van der Waals surface area contributed by atoms with Crippen LogP contribution in [0.4, 0.5) is 10.6 Å². The highest BCUT2D eigenvalue weighted by Gasteiger charge is 2.19. The lowest BCUT2D eigenvalue weighted by atomic mass is 10.0. The topological polar surface area (TPSA) is 106 Å². The molecule has 2 amide bonds. The minimum Gasteiger partial charge on any atom is -0.424 e. The summed E-state index contributed by atoms with van der Waals surface area (Å²) in [5, 5.41) is 11.3. The van der Waals surface area contributed by atoms with Crippen LogP contribution in [0.2, 0.25) is 0 Å². The molecule has 4 heterocycles. The lowest BCUT2D eigenvalue weighted by Crippen LogP contribution is -2.39. The highest BCUT2D eigenvalue weighted by atomic mass is 16.5. The molecule has 0 saturated carbocycles. The van der Waals surface area contributed by atoms with Crippen molar-refractivity contribution in [3.8, 4) is 11.8 Å². The third-order valence-corrected chi connectivity index (χ3v) is 5.27. The molecule has 1 fully saturated rings. The maximum absolute atomic E-state index is 12.4. The molecule has 1 aliphatic heterocycles. The van der Waals surface area contributed by atoms with Gasteiger partial charge in [0.25, 0.3) is 0 Å².